The molecule has 0 bridgehead atoms. The molecule has 0 saturated carbocycles. The van der Waals surface area contributed by atoms with Crippen molar-refractivity contribution >= 4 is 17.9 Å². The molecule has 0 aromatic rings. The first-order chi connectivity index (χ1) is 41.0. The quantitative estimate of drug-likeness (QED) is 0.0261. The van der Waals surface area contributed by atoms with Crippen LogP contribution in [0.4, 0.5) is 0 Å². The molecule has 0 aliphatic heterocycles. The van der Waals surface area contributed by atoms with E-state index >= 15 is 0 Å². The number of allylic oxidation sites excluding steroid dienone is 12. The zero-order valence-electron chi connectivity index (χ0n) is 55.5. The summed E-state index contributed by atoms with van der Waals surface area (Å²) in [5, 5.41) is 0. The van der Waals surface area contributed by atoms with E-state index in [-0.39, 0.29) is 31.1 Å². The summed E-state index contributed by atoms with van der Waals surface area (Å²) >= 11 is 0. The standard InChI is InChI=1S/C77H138O6/c1-4-7-10-13-16-19-22-24-26-28-30-32-33-34-35-36-37-38-39-40-41-42-43-44-46-47-49-51-53-55-58-61-64-67-70-76(79)82-73-74(72-81-75(78)69-66-63-60-57-21-18-15-12-9-6-3)83-77(80)71-68-65-62-59-56-54-52-50-48-45-31-29-27-25-23-20-17-14-11-8-5-2/h8,11-12,15,17,20,25,27,31,45,50,52,74H,4-7,9-10,13-14,16,18-19,21-24,26,28-30,32-44,46-49,51,53-73H2,1-3H3/b11-8-,15-12-,20-17-,27-25-,45-31-,52-50-. The van der Waals surface area contributed by atoms with Crippen LogP contribution < -0.4 is 0 Å². The number of carbonyl (C=O) groups excluding carboxylic acids is 3. The van der Waals surface area contributed by atoms with Gasteiger partial charge in [-0.1, -0.05) is 351 Å². The third-order valence-corrected chi connectivity index (χ3v) is 16.2. The maximum Gasteiger partial charge on any atom is 0.306 e. The maximum atomic E-state index is 12.9. The van der Waals surface area contributed by atoms with Gasteiger partial charge in [-0.25, -0.2) is 0 Å². The summed E-state index contributed by atoms with van der Waals surface area (Å²) in [6, 6.07) is 0. The lowest BCUT2D eigenvalue weighted by Crippen LogP contribution is -2.30. The van der Waals surface area contributed by atoms with Gasteiger partial charge in [0.2, 0.25) is 0 Å². The minimum atomic E-state index is -0.789. The van der Waals surface area contributed by atoms with Gasteiger partial charge in [0.25, 0.3) is 0 Å². The minimum absolute atomic E-state index is 0.0833. The second kappa shape index (κ2) is 71.3. The Labute approximate surface area is 516 Å². The number of rotatable bonds is 67. The third-order valence-electron chi connectivity index (χ3n) is 16.2. The highest BCUT2D eigenvalue weighted by atomic mass is 16.6. The molecule has 0 aliphatic carbocycles. The zero-order chi connectivity index (χ0) is 59.9. The van der Waals surface area contributed by atoms with Crippen LogP contribution in [-0.4, -0.2) is 37.2 Å². The molecule has 0 amide bonds. The summed E-state index contributed by atoms with van der Waals surface area (Å²) in [4.78, 5) is 38.3. The molecule has 83 heavy (non-hydrogen) atoms. The van der Waals surface area contributed by atoms with Crippen molar-refractivity contribution in [1.29, 1.82) is 0 Å². The highest BCUT2D eigenvalue weighted by molar-refractivity contribution is 5.71. The molecule has 482 valence electrons. The number of hydrogen-bond acceptors (Lipinski definition) is 6. The summed E-state index contributed by atoms with van der Waals surface area (Å²) in [5.74, 6) is -0.896. The largest absolute Gasteiger partial charge is 0.462 e. The second-order valence-corrected chi connectivity index (χ2v) is 24.5. The van der Waals surface area contributed by atoms with E-state index < -0.39 is 6.10 Å². The maximum absolute atomic E-state index is 12.9. The predicted octanol–water partition coefficient (Wildman–Crippen LogP) is 25.2. The van der Waals surface area contributed by atoms with Gasteiger partial charge >= 0.3 is 17.9 Å². The lowest BCUT2D eigenvalue weighted by atomic mass is 10.0. The number of carbonyl (C=O) groups is 3. The average Bonchev–Trinajstić information content (AvgIpc) is 3.49. The number of esters is 3. The molecule has 0 fully saturated rings. The Balaban J connectivity index is 4.08. The molecule has 0 aromatic heterocycles. The van der Waals surface area contributed by atoms with Crippen LogP contribution >= 0.6 is 0 Å². The van der Waals surface area contributed by atoms with E-state index in [1.807, 2.05) is 0 Å². The Morgan fingerprint density at radius 1 is 0.253 bits per heavy atom. The first-order valence-electron chi connectivity index (χ1n) is 36.4. The number of unbranched alkanes of at least 4 members (excludes halogenated alkanes) is 44. The average molecular weight is 1160 g/mol. The van der Waals surface area contributed by atoms with Crippen LogP contribution in [-0.2, 0) is 28.6 Å². The summed E-state index contributed by atoms with van der Waals surface area (Å²) in [5.41, 5.74) is 0. The minimum Gasteiger partial charge on any atom is -0.462 e. The molecule has 0 aromatic carbocycles. The molecule has 0 heterocycles. The predicted molar refractivity (Wildman–Crippen MR) is 362 cm³/mol. The molecule has 0 rings (SSSR count). The highest BCUT2D eigenvalue weighted by Crippen LogP contribution is 2.19. The fraction of sp³-hybridized carbons (Fsp3) is 0.805. The molecule has 1 unspecified atom stereocenters. The number of ether oxygens (including phenoxy) is 3. The van der Waals surface area contributed by atoms with Crippen LogP contribution in [0.3, 0.4) is 0 Å². The van der Waals surface area contributed by atoms with E-state index in [0.717, 1.165) is 122 Å². The molecule has 0 N–H and O–H groups in total. The van der Waals surface area contributed by atoms with Gasteiger partial charge in [0.1, 0.15) is 13.2 Å². The molecule has 0 aliphatic rings. The van der Waals surface area contributed by atoms with Gasteiger partial charge in [-0.3, -0.25) is 14.4 Å². The summed E-state index contributed by atoms with van der Waals surface area (Å²) in [7, 11) is 0. The smallest absolute Gasteiger partial charge is 0.306 e. The third kappa shape index (κ3) is 69.5. The van der Waals surface area contributed by atoms with E-state index in [2.05, 4.69) is 93.7 Å². The van der Waals surface area contributed by atoms with Crippen molar-refractivity contribution in [2.75, 3.05) is 13.2 Å². The van der Waals surface area contributed by atoms with Crippen LogP contribution in [0, 0.1) is 0 Å². The van der Waals surface area contributed by atoms with Gasteiger partial charge in [-0.2, -0.15) is 0 Å². The van der Waals surface area contributed by atoms with Crippen molar-refractivity contribution < 1.29 is 28.6 Å². The fourth-order valence-electron chi connectivity index (χ4n) is 10.8. The monoisotopic (exact) mass is 1160 g/mol. The van der Waals surface area contributed by atoms with E-state index in [1.165, 1.54) is 218 Å². The van der Waals surface area contributed by atoms with Crippen molar-refractivity contribution in [3.8, 4) is 0 Å². The van der Waals surface area contributed by atoms with Gasteiger partial charge in [-0.15, -0.1) is 0 Å². The van der Waals surface area contributed by atoms with Crippen LogP contribution in [0.5, 0.6) is 0 Å². The summed E-state index contributed by atoms with van der Waals surface area (Å²) in [6.07, 6.45) is 94.0. The molecule has 6 nitrogen and oxygen atoms in total. The first kappa shape index (κ1) is 79.8. The first-order valence-corrected chi connectivity index (χ1v) is 36.4. The van der Waals surface area contributed by atoms with Crippen LogP contribution in [0.2, 0.25) is 0 Å². The van der Waals surface area contributed by atoms with Gasteiger partial charge < -0.3 is 14.2 Å². The topological polar surface area (TPSA) is 78.9 Å². The van der Waals surface area contributed by atoms with Crippen LogP contribution in [0.25, 0.3) is 0 Å². The fourth-order valence-corrected chi connectivity index (χ4v) is 10.8. The van der Waals surface area contributed by atoms with Gasteiger partial charge in [0, 0.05) is 19.3 Å². The van der Waals surface area contributed by atoms with Crippen molar-refractivity contribution in [2.45, 2.75) is 386 Å². The van der Waals surface area contributed by atoms with Crippen LogP contribution in [0.1, 0.15) is 380 Å². The van der Waals surface area contributed by atoms with Gasteiger partial charge in [0.15, 0.2) is 6.10 Å². The van der Waals surface area contributed by atoms with E-state index in [0.29, 0.717) is 19.3 Å². The molecule has 0 saturated heterocycles. The summed E-state index contributed by atoms with van der Waals surface area (Å²) < 4.78 is 16.9. The van der Waals surface area contributed by atoms with Crippen LogP contribution in [0.15, 0.2) is 72.9 Å². The van der Waals surface area contributed by atoms with Crippen molar-refractivity contribution in [2.24, 2.45) is 0 Å². The number of hydrogen-bond donors (Lipinski definition) is 0. The molecule has 0 radical (unpaired) electrons. The normalized spacial score (nSPS) is 12.5. The van der Waals surface area contributed by atoms with E-state index in [1.54, 1.807) is 0 Å². The van der Waals surface area contributed by atoms with E-state index in [4.69, 9.17) is 14.2 Å². The van der Waals surface area contributed by atoms with E-state index in [9.17, 15) is 14.4 Å². The Morgan fingerprint density at radius 3 is 0.795 bits per heavy atom. The highest BCUT2D eigenvalue weighted by Gasteiger charge is 2.19. The van der Waals surface area contributed by atoms with Crippen molar-refractivity contribution in [3.63, 3.8) is 0 Å². The molecular formula is C77H138O6. The van der Waals surface area contributed by atoms with Crippen molar-refractivity contribution in [1.82, 2.24) is 0 Å². The van der Waals surface area contributed by atoms with Crippen molar-refractivity contribution in [3.05, 3.63) is 72.9 Å². The molecule has 0 spiro atoms. The Hall–Kier alpha value is -3.15. The summed E-state index contributed by atoms with van der Waals surface area (Å²) in [6.45, 7) is 6.49. The lowest BCUT2D eigenvalue weighted by Gasteiger charge is -2.18. The SMILES string of the molecule is CC/C=C\C/C=C\C/C=C\C/C=C\C/C=C\CCCCCCCC(=O)OC(COC(=O)CCCCCCC/C=C\CCC)COC(=O)CCCCCCCCCCCCCCCCCCCCCCCCCCCCCCCCCCCC. The lowest BCUT2D eigenvalue weighted by molar-refractivity contribution is -0.167. The van der Waals surface area contributed by atoms with Gasteiger partial charge in [0.05, 0.1) is 0 Å². The Kier molecular flexibility index (Phi) is 68.6. The van der Waals surface area contributed by atoms with Gasteiger partial charge in [-0.05, 0) is 83.5 Å². The Morgan fingerprint density at radius 2 is 0.494 bits per heavy atom. The molecule has 1 atom stereocenters. The second-order valence-electron chi connectivity index (χ2n) is 24.5. The molecule has 6 heteroatoms. The zero-order valence-corrected chi connectivity index (χ0v) is 55.5. The molecular weight excluding hydrogens is 1020 g/mol. The Bertz CT molecular complexity index is 1520.